The van der Waals surface area contributed by atoms with Gasteiger partial charge in [-0.25, -0.2) is 0 Å². The van der Waals surface area contributed by atoms with E-state index in [2.05, 4.69) is 6.92 Å². The topological polar surface area (TPSA) is 27.7 Å². The standard InChI is InChI=1S/C16H34O3/c1-3-5-6-7-8-9-10-11-12-18-15-16-19-14-13-17-4-2/h3-16H2,1-2H3. The first-order valence-electron chi connectivity index (χ1n) is 8.15. The molecule has 116 valence electrons. The Balaban J connectivity index is 2.88. The SMILES string of the molecule is CCCCCCCCCCOCCOCCOCC. The van der Waals surface area contributed by atoms with Crippen molar-refractivity contribution < 1.29 is 14.2 Å². The zero-order valence-corrected chi connectivity index (χ0v) is 13.1. The van der Waals surface area contributed by atoms with Crippen LogP contribution in [0.1, 0.15) is 65.2 Å². The molecule has 3 nitrogen and oxygen atoms in total. The molecule has 0 aromatic heterocycles. The molecule has 0 saturated heterocycles. The van der Waals surface area contributed by atoms with Crippen LogP contribution >= 0.6 is 0 Å². The van der Waals surface area contributed by atoms with Crippen molar-refractivity contribution in [3.05, 3.63) is 0 Å². The largest absolute Gasteiger partial charge is 0.379 e. The molecule has 0 aromatic rings. The van der Waals surface area contributed by atoms with Crippen LogP contribution in [0.5, 0.6) is 0 Å². The van der Waals surface area contributed by atoms with E-state index in [1.807, 2.05) is 6.92 Å². The molecule has 0 rings (SSSR count). The van der Waals surface area contributed by atoms with Gasteiger partial charge in [-0.3, -0.25) is 0 Å². The first-order valence-corrected chi connectivity index (χ1v) is 8.15. The normalized spacial score (nSPS) is 11.1. The molecule has 0 fully saturated rings. The summed E-state index contributed by atoms with van der Waals surface area (Å²) in [5.41, 5.74) is 0. The van der Waals surface area contributed by atoms with Crippen molar-refractivity contribution in [2.24, 2.45) is 0 Å². The maximum atomic E-state index is 5.52. The predicted molar refractivity (Wildman–Crippen MR) is 80.7 cm³/mol. The van der Waals surface area contributed by atoms with E-state index in [1.165, 1.54) is 51.4 Å². The maximum absolute atomic E-state index is 5.52. The van der Waals surface area contributed by atoms with Crippen LogP contribution in [0.15, 0.2) is 0 Å². The number of hydrogen-bond donors (Lipinski definition) is 0. The Morgan fingerprint density at radius 3 is 1.53 bits per heavy atom. The number of ether oxygens (including phenoxy) is 3. The maximum Gasteiger partial charge on any atom is 0.0701 e. The monoisotopic (exact) mass is 274 g/mol. The summed E-state index contributed by atoms with van der Waals surface area (Å²) >= 11 is 0. The molecular formula is C16H34O3. The van der Waals surface area contributed by atoms with E-state index < -0.39 is 0 Å². The van der Waals surface area contributed by atoms with Crippen LogP contribution in [0.2, 0.25) is 0 Å². The van der Waals surface area contributed by atoms with Gasteiger partial charge in [-0.15, -0.1) is 0 Å². The summed E-state index contributed by atoms with van der Waals surface area (Å²) in [5.74, 6) is 0. The molecule has 0 aliphatic rings. The Bertz CT molecular complexity index is 135. The zero-order valence-electron chi connectivity index (χ0n) is 13.1. The molecular weight excluding hydrogens is 240 g/mol. The summed E-state index contributed by atoms with van der Waals surface area (Å²) in [6.07, 6.45) is 10.8. The van der Waals surface area contributed by atoms with Crippen molar-refractivity contribution in [2.75, 3.05) is 39.6 Å². The highest BCUT2D eigenvalue weighted by molar-refractivity contribution is 4.45. The molecule has 0 aliphatic heterocycles. The third-order valence-corrected chi connectivity index (χ3v) is 3.09. The van der Waals surface area contributed by atoms with Crippen molar-refractivity contribution in [3.63, 3.8) is 0 Å². The van der Waals surface area contributed by atoms with Crippen LogP contribution < -0.4 is 0 Å². The summed E-state index contributed by atoms with van der Waals surface area (Å²) in [5, 5.41) is 0. The lowest BCUT2D eigenvalue weighted by molar-refractivity contribution is 0.0162. The number of unbranched alkanes of at least 4 members (excludes halogenated alkanes) is 7. The number of hydrogen-bond acceptors (Lipinski definition) is 3. The molecule has 0 radical (unpaired) electrons. The van der Waals surface area contributed by atoms with Crippen molar-refractivity contribution in [1.29, 1.82) is 0 Å². The Morgan fingerprint density at radius 2 is 0.947 bits per heavy atom. The van der Waals surface area contributed by atoms with Gasteiger partial charge in [0.15, 0.2) is 0 Å². The van der Waals surface area contributed by atoms with Gasteiger partial charge in [0.2, 0.25) is 0 Å². The summed E-state index contributed by atoms with van der Waals surface area (Å²) in [7, 11) is 0. The Kier molecular flexibility index (Phi) is 17.8. The minimum atomic E-state index is 0.676. The lowest BCUT2D eigenvalue weighted by Crippen LogP contribution is -2.09. The Morgan fingerprint density at radius 1 is 0.474 bits per heavy atom. The van der Waals surface area contributed by atoms with Crippen molar-refractivity contribution in [3.8, 4) is 0 Å². The van der Waals surface area contributed by atoms with E-state index >= 15 is 0 Å². The van der Waals surface area contributed by atoms with E-state index in [-0.39, 0.29) is 0 Å². The average Bonchev–Trinajstić information content (AvgIpc) is 2.43. The van der Waals surface area contributed by atoms with Gasteiger partial charge >= 0.3 is 0 Å². The van der Waals surface area contributed by atoms with Crippen LogP contribution in [0.25, 0.3) is 0 Å². The predicted octanol–water partition coefficient (Wildman–Crippen LogP) is 4.20. The molecule has 0 unspecified atom stereocenters. The van der Waals surface area contributed by atoms with Gasteiger partial charge in [-0.2, -0.15) is 0 Å². The molecule has 0 atom stereocenters. The van der Waals surface area contributed by atoms with Gasteiger partial charge in [-0.1, -0.05) is 51.9 Å². The summed E-state index contributed by atoms with van der Waals surface area (Å²) in [6.45, 7) is 8.66. The summed E-state index contributed by atoms with van der Waals surface area (Å²) in [6, 6.07) is 0. The highest BCUT2D eigenvalue weighted by Crippen LogP contribution is 2.08. The first-order chi connectivity index (χ1) is 9.41. The molecule has 0 bridgehead atoms. The highest BCUT2D eigenvalue weighted by atomic mass is 16.5. The molecule has 0 saturated carbocycles. The van der Waals surface area contributed by atoms with E-state index in [1.54, 1.807) is 0 Å². The lowest BCUT2D eigenvalue weighted by atomic mass is 10.1. The molecule has 0 aliphatic carbocycles. The Labute approximate surface area is 120 Å². The molecule has 19 heavy (non-hydrogen) atoms. The van der Waals surface area contributed by atoms with Gasteiger partial charge in [0.05, 0.1) is 26.4 Å². The van der Waals surface area contributed by atoms with E-state index in [0.29, 0.717) is 26.4 Å². The van der Waals surface area contributed by atoms with Crippen molar-refractivity contribution in [1.82, 2.24) is 0 Å². The molecule has 0 spiro atoms. The second kappa shape index (κ2) is 17.9. The second-order valence-electron chi connectivity index (χ2n) is 4.90. The molecule has 0 N–H and O–H groups in total. The van der Waals surface area contributed by atoms with Crippen LogP contribution in [0, 0.1) is 0 Å². The van der Waals surface area contributed by atoms with Gasteiger partial charge in [0.25, 0.3) is 0 Å². The van der Waals surface area contributed by atoms with Crippen molar-refractivity contribution >= 4 is 0 Å². The highest BCUT2D eigenvalue weighted by Gasteiger charge is 1.93. The average molecular weight is 274 g/mol. The van der Waals surface area contributed by atoms with Gasteiger partial charge in [-0.05, 0) is 13.3 Å². The first kappa shape index (κ1) is 18.9. The van der Waals surface area contributed by atoms with E-state index in [4.69, 9.17) is 14.2 Å². The summed E-state index contributed by atoms with van der Waals surface area (Å²) in [4.78, 5) is 0. The second-order valence-corrected chi connectivity index (χ2v) is 4.90. The van der Waals surface area contributed by atoms with Crippen LogP contribution in [-0.4, -0.2) is 39.6 Å². The minimum Gasteiger partial charge on any atom is -0.379 e. The molecule has 0 amide bonds. The summed E-state index contributed by atoms with van der Waals surface area (Å²) < 4.78 is 16.1. The zero-order chi connectivity index (χ0) is 14.0. The van der Waals surface area contributed by atoms with E-state index in [9.17, 15) is 0 Å². The fraction of sp³-hybridized carbons (Fsp3) is 1.00. The molecule has 0 aromatic carbocycles. The van der Waals surface area contributed by atoms with Crippen LogP contribution in [-0.2, 0) is 14.2 Å². The molecule has 3 heteroatoms. The van der Waals surface area contributed by atoms with Gasteiger partial charge in [0.1, 0.15) is 0 Å². The van der Waals surface area contributed by atoms with Crippen LogP contribution in [0.3, 0.4) is 0 Å². The fourth-order valence-corrected chi connectivity index (χ4v) is 1.92. The third kappa shape index (κ3) is 17.9. The smallest absolute Gasteiger partial charge is 0.0701 e. The van der Waals surface area contributed by atoms with E-state index in [0.717, 1.165) is 13.2 Å². The van der Waals surface area contributed by atoms with Gasteiger partial charge < -0.3 is 14.2 Å². The third-order valence-electron chi connectivity index (χ3n) is 3.09. The van der Waals surface area contributed by atoms with Gasteiger partial charge in [0, 0.05) is 13.2 Å². The van der Waals surface area contributed by atoms with Crippen LogP contribution in [0.4, 0.5) is 0 Å². The Hall–Kier alpha value is -0.120. The lowest BCUT2D eigenvalue weighted by Gasteiger charge is -2.06. The quantitative estimate of drug-likeness (QED) is 0.395. The minimum absolute atomic E-state index is 0.676. The molecule has 0 heterocycles. The fourth-order valence-electron chi connectivity index (χ4n) is 1.92. The van der Waals surface area contributed by atoms with Crippen molar-refractivity contribution in [2.45, 2.75) is 65.2 Å². The number of rotatable bonds is 16.